The molecule has 3 rings (SSSR count). The van der Waals surface area contributed by atoms with Crippen LogP contribution in [-0.4, -0.2) is 24.3 Å². The van der Waals surface area contributed by atoms with Crippen molar-refractivity contribution >= 4 is 24.1 Å². The van der Waals surface area contributed by atoms with Crippen LogP contribution in [0.1, 0.15) is 57.9 Å². The van der Waals surface area contributed by atoms with Gasteiger partial charge in [-0.3, -0.25) is 9.59 Å². The number of hydrogen-bond acceptors (Lipinski definition) is 4. The zero-order chi connectivity index (χ0) is 14.3. The van der Waals surface area contributed by atoms with E-state index in [4.69, 9.17) is 10.2 Å². The summed E-state index contributed by atoms with van der Waals surface area (Å²) in [4.78, 5) is 24.2. The van der Waals surface area contributed by atoms with Crippen molar-refractivity contribution in [2.75, 3.05) is 6.54 Å². The Labute approximate surface area is 130 Å². The number of hydrogen-bond donors (Lipinski definition) is 2. The molecule has 1 aromatic rings. The van der Waals surface area contributed by atoms with Crippen molar-refractivity contribution in [1.82, 2.24) is 5.32 Å². The highest BCUT2D eigenvalue weighted by atomic mass is 35.5. The largest absolute Gasteiger partial charge is 0.455 e. The number of ketones is 1. The first-order valence-electron chi connectivity index (χ1n) is 7.28. The number of Topliss-reactive ketones (excluding diaryl/α,β-unsaturated/α-hetero) is 1. The Balaban J connectivity index is 0.00000161. The Bertz CT molecular complexity index is 564. The first kappa shape index (κ1) is 16.0. The maximum Gasteiger partial charge on any atom is 0.287 e. The van der Waals surface area contributed by atoms with Gasteiger partial charge in [0.2, 0.25) is 0 Å². The van der Waals surface area contributed by atoms with Gasteiger partial charge in [-0.2, -0.15) is 0 Å². The van der Waals surface area contributed by atoms with Crippen LogP contribution in [-0.2, 0) is 6.42 Å². The monoisotopic (exact) mass is 312 g/mol. The summed E-state index contributed by atoms with van der Waals surface area (Å²) in [5, 5.41) is 2.94. The van der Waals surface area contributed by atoms with Crippen molar-refractivity contribution in [3.63, 3.8) is 0 Å². The molecule has 0 aromatic carbocycles. The Morgan fingerprint density at radius 1 is 1.43 bits per heavy atom. The molecule has 1 heterocycles. The quantitative estimate of drug-likeness (QED) is 0.890. The molecule has 5 nitrogen and oxygen atoms in total. The standard InChI is InChI=1S/C15H20N2O3.ClH/c1-8-13-11(18)3-2-4-12(13)20-14(8)15(19)17-10(7-16)9-5-6-9;/h9-10H,2-7,16H2,1H3,(H,17,19);1H. The van der Waals surface area contributed by atoms with Gasteiger partial charge < -0.3 is 15.5 Å². The van der Waals surface area contributed by atoms with Crippen LogP contribution in [0.4, 0.5) is 0 Å². The topological polar surface area (TPSA) is 85.3 Å². The van der Waals surface area contributed by atoms with E-state index in [0.29, 0.717) is 35.8 Å². The molecule has 2 aliphatic carbocycles. The van der Waals surface area contributed by atoms with Gasteiger partial charge in [-0.15, -0.1) is 12.4 Å². The lowest BCUT2D eigenvalue weighted by molar-refractivity contribution is 0.0900. The third-order valence-corrected chi connectivity index (χ3v) is 4.27. The fourth-order valence-corrected chi connectivity index (χ4v) is 2.97. The van der Waals surface area contributed by atoms with E-state index >= 15 is 0 Å². The molecule has 1 fully saturated rings. The fourth-order valence-electron chi connectivity index (χ4n) is 2.97. The molecule has 0 radical (unpaired) electrons. The predicted octanol–water partition coefficient (Wildman–Crippen LogP) is 2.00. The molecule has 1 unspecified atom stereocenters. The van der Waals surface area contributed by atoms with Crippen molar-refractivity contribution in [2.45, 2.75) is 45.1 Å². The van der Waals surface area contributed by atoms with E-state index < -0.39 is 0 Å². The molecular weight excluding hydrogens is 292 g/mol. The van der Waals surface area contributed by atoms with Crippen LogP contribution in [0.15, 0.2) is 4.42 Å². The summed E-state index contributed by atoms with van der Waals surface area (Å²) in [6.45, 7) is 2.23. The van der Waals surface area contributed by atoms with Gasteiger partial charge in [-0.1, -0.05) is 0 Å². The number of nitrogens with two attached hydrogens (primary N) is 1. The van der Waals surface area contributed by atoms with Gasteiger partial charge in [-0.25, -0.2) is 0 Å². The normalized spacial score (nSPS) is 18.7. The summed E-state index contributed by atoms with van der Waals surface area (Å²) < 4.78 is 5.64. The number of furan rings is 1. The third-order valence-electron chi connectivity index (χ3n) is 4.27. The average Bonchev–Trinajstić information content (AvgIpc) is 3.20. The van der Waals surface area contributed by atoms with E-state index in [1.54, 1.807) is 6.92 Å². The highest BCUT2D eigenvalue weighted by molar-refractivity contribution is 6.03. The van der Waals surface area contributed by atoms with Gasteiger partial charge in [0.1, 0.15) is 5.76 Å². The van der Waals surface area contributed by atoms with Crippen LogP contribution in [0, 0.1) is 12.8 Å². The maximum absolute atomic E-state index is 12.3. The van der Waals surface area contributed by atoms with E-state index in [1.807, 2.05) is 0 Å². The zero-order valence-electron chi connectivity index (χ0n) is 12.1. The molecule has 2 aliphatic rings. The molecule has 0 spiro atoms. The second-order valence-electron chi connectivity index (χ2n) is 5.78. The molecular formula is C15H21ClN2O3. The van der Waals surface area contributed by atoms with E-state index in [9.17, 15) is 9.59 Å². The summed E-state index contributed by atoms with van der Waals surface area (Å²) in [5.74, 6) is 1.29. The second kappa shape index (κ2) is 6.20. The smallest absolute Gasteiger partial charge is 0.287 e. The van der Waals surface area contributed by atoms with Gasteiger partial charge >= 0.3 is 0 Å². The van der Waals surface area contributed by atoms with Crippen molar-refractivity contribution < 1.29 is 14.0 Å². The van der Waals surface area contributed by atoms with Crippen LogP contribution in [0.5, 0.6) is 0 Å². The van der Waals surface area contributed by atoms with Gasteiger partial charge in [0, 0.05) is 31.0 Å². The molecule has 3 N–H and O–H groups in total. The molecule has 1 saturated carbocycles. The molecule has 21 heavy (non-hydrogen) atoms. The summed E-state index contributed by atoms with van der Waals surface area (Å²) in [6.07, 6.45) is 4.32. The number of carbonyl (C=O) groups excluding carboxylic acids is 2. The SMILES string of the molecule is Cc1c(C(=O)NC(CN)C2CC2)oc2c1C(=O)CCC2.Cl. The lowest BCUT2D eigenvalue weighted by atomic mass is 9.94. The Morgan fingerprint density at radius 2 is 2.14 bits per heavy atom. The summed E-state index contributed by atoms with van der Waals surface area (Å²) >= 11 is 0. The molecule has 1 amide bonds. The number of amides is 1. The van der Waals surface area contributed by atoms with Crippen molar-refractivity contribution in [1.29, 1.82) is 0 Å². The van der Waals surface area contributed by atoms with E-state index in [1.165, 1.54) is 0 Å². The molecule has 116 valence electrons. The van der Waals surface area contributed by atoms with E-state index in [0.717, 1.165) is 25.7 Å². The Kier molecular flexibility index (Phi) is 4.74. The first-order valence-corrected chi connectivity index (χ1v) is 7.28. The average molecular weight is 313 g/mol. The molecule has 6 heteroatoms. The van der Waals surface area contributed by atoms with Crippen LogP contribution < -0.4 is 11.1 Å². The number of nitrogens with one attached hydrogen (secondary N) is 1. The van der Waals surface area contributed by atoms with Gasteiger partial charge in [0.05, 0.1) is 5.56 Å². The molecule has 1 atom stereocenters. The molecule has 1 aromatic heterocycles. The van der Waals surface area contributed by atoms with Crippen LogP contribution in [0.2, 0.25) is 0 Å². The number of carbonyl (C=O) groups is 2. The molecule has 0 bridgehead atoms. The lowest BCUT2D eigenvalue weighted by Gasteiger charge is -2.15. The maximum atomic E-state index is 12.3. The summed E-state index contributed by atoms with van der Waals surface area (Å²) in [6, 6.07) is 0.0136. The summed E-state index contributed by atoms with van der Waals surface area (Å²) in [5.41, 5.74) is 7.00. The number of halogens is 1. The van der Waals surface area contributed by atoms with E-state index in [-0.39, 0.29) is 35.9 Å². The predicted molar refractivity (Wildman–Crippen MR) is 81.0 cm³/mol. The second-order valence-corrected chi connectivity index (χ2v) is 5.78. The van der Waals surface area contributed by atoms with Crippen molar-refractivity contribution in [2.24, 2.45) is 11.7 Å². The lowest BCUT2D eigenvalue weighted by Crippen LogP contribution is -2.41. The summed E-state index contributed by atoms with van der Waals surface area (Å²) in [7, 11) is 0. The Hall–Kier alpha value is -1.33. The van der Waals surface area contributed by atoms with Gasteiger partial charge in [-0.05, 0) is 32.1 Å². The first-order chi connectivity index (χ1) is 9.61. The third kappa shape index (κ3) is 2.99. The van der Waals surface area contributed by atoms with Gasteiger partial charge in [0.15, 0.2) is 11.5 Å². The number of aryl methyl sites for hydroxylation is 1. The van der Waals surface area contributed by atoms with E-state index in [2.05, 4.69) is 5.32 Å². The minimum Gasteiger partial charge on any atom is -0.455 e. The van der Waals surface area contributed by atoms with Crippen LogP contribution in [0.3, 0.4) is 0 Å². The minimum atomic E-state index is -0.243. The molecule has 0 aliphatic heterocycles. The number of rotatable bonds is 4. The number of fused-ring (bicyclic) bond motifs is 1. The van der Waals surface area contributed by atoms with Crippen molar-refractivity contribution in [3.8, 4) is 0 Å². The zero-order valence-corrected chi connectivity index (χ0v) is 12.9. The van der Waals surface area contributed by atoms with Crippen LogP contribution in [0.25, 0.3) is 0 Å². The highest BCUT2D eigenvalue weighted by Crippen LogP contribution is 2.33. The Morgan fingerprint density at radius 3 is 2.71 bits per heavy atom. The highest BCUT2D eigenvalue weighted by Gasteiger charge is 2.34. The minimum absolute atomic E-state index is 0. The van der Waals surface area contributed by atoms with Crippen LogP contribution >= 0.6 is 12.4 Å². The van der Waals surface area contributed by atoms with Gasteiger partial charge in [0.25, 0.3) is 5.91 Å². The van der Waals surface area contributed by atoms with Crippen molar-refractivity contribution in [3.05, 3.63) is 22.6 Å². The fraction of sp³-hybridized carbons (Fsp3) is 0.600. The molecule has 0 saturated heterocycles.